The number of hydrogen-bond acceptors (Lipinski definition) is 4. The van der Waals surface area contributed by atoms with Crippen LogP contribution < -0.4 is 10.6 Å². The minimum Gasteiger partial charge on any atom is -0.496 e. The van der Waals surface area contributed by atoms with Gasteiger partial charge >= 0.3 is 6.09 Å². The summed E-state index contributed by atoms with van der Waals surface area (Å²) in [5, 5.41) is 0. The number of rotatable bonds is 5. The number of nitrogens with two attached hydrogens (primary N) is 1. The van der Waals surface area contributed by atoms with Crippen LogP contribution in [0.25, 0.3) is 0 Å². The summed E-state index contributed by atoms with van der Waals surface area (Å²) >= 11 is 0. The van der Waals surface area contributed by atoms with Crippen molar-refractivity contribution in [1.82, 2.24) is 0 Å². The van der Waals surface area contributed by atoms with Crippen LogP contribution in [0, 0.1) is 18.3 Å². The smallest absolute Gasteiger partial charge is 0.496 e. The number of methoxy groups -OCH3 is 1. The molecule has 0 spiro atoms. The Hall–Kier alpha value is -2.81. The Morgan fingerprint density at radius 2 is 1.94 bits per heavy atom. The molecule has 1 saturated heterocycles. The fourth-order valence-corrected chi connectivity index (χ4v) is 4.74. The van der Waals surface area contributed by atoms with Gasteiger partial charge in [0, 0.05) is 17.9 Å². The van der Waals surface area contributed by atoms with E-state index in [4.69, 9.17) is 21.7 Å². The number of amides is 1. The first kappa shape index (κ1) is 23.8. The predicted molar refractivity (Wildman–Crippen MR) is 127 cm³/mol. The summed E-state index contributed by atoms with van der Waals surface area (Å²) in [4.78, 5) is 13.4. The molecule has 5 nitrogen and oxygen atoms in total. The van der Waals surface area contributed by atoms with Gasteiger partial charge in [-0.2, -0.15) is 10.6 Å². The number of ether oxygens (including phenoxy) is 2. The third-order valence-corrected chi connectivity index (χ3v) is 6.05. The van der Waals surface area contributed by atoms with E-state index in [1.807, 2.05) is 51.1 Å². The van der Waals surface area contributed by atoms with Crippen LogP contribution in [0.3, 0.4) is 0 Å². The Kier molecular flexibility index (Phi) is 7.28. The first-order valence-electron chi connectivity index (χ1n) is 11.2. The van der Waals surface area contributed by atoms with Gasteiger partial charge < -0.3 is 9.47 Å². The van der Waals surface area contributed by atoms with Crippen molar-refractivity contribution in [3.05, 3.63) is 65.2 Å². The fourth-order valence-electron chi connectivity index (χ4n) is 4.74. The van der Waals surface area contributed by atoms with E-state index in [0.717, 1.165) is 41.7 Å². The normalized spacial score (nSPS) is 23.2. The van der Waals surface area contributed by atoms with Crippen molar-refractivity contribution in [2.75, 3.05) is 13.7 Å². The molecule has 0 radical (unpaired) electrons. The van der Waals surface area contributed by atoms with E-state index in [0.29, 0.717) is 13.0 Å². The standard InChI is InChI=1S/C27H35N2O3/c1-6-11-20-15-16-24(31-5)23(18-20)19-22-14-10-17-29(28,26(30)32-27(2,3)4)25(22)21-12-8-7-9-13-21/h1,7-9,12-13,15-16,18,22,25H,10-11,14,17,19,28H2,2-5H3/q+1/t22-,25+,29?/m0/s1. The zero-order valence-electron chi connectivity index (χ0n) is 19.6. The number of carbonyl (C=O) groups is 1. The second-order valence-electron chi connectivity index (χ2n) is 9.62. The van der Waals surface area contributed by atoms with Crippen molar-refractivity contribution in [2.45, 2.75) is 58.1 Å². The Labute approximate surface area is 192 Å². The van der Waals surface area contributed by atoms with E-state index in [-0.39, 0.29) is 22.6 Å². The van der Waals surface area contributed by atoms with Crippen molar-refractivity contribution in [3.63, 3.8) is 0 Å². The zero-order chi connectivity index (χ0) is 23.4. The van der Waals surface area contributed by atoms with Gasteiger partial charge in [0.2, 0.25) is 0 Å². The molecule has 5 heteroatoms. The first-order chi connectivity index (χ1) is 15.2. The number of likely N-dealkylation sites (tertiary alicyclic amines) is 1. The van der Waals surface area contributed by atoms with Crippen LogP contribution in [-0.4, -0.2) is 29.9 Å². The van der Waals surface area contributed by atoms with Crippen molar-refractivity contribution in [1.29, 1.82) is 0 Å². The Bertz CT molecular complexity index is 975. The van der Waals surface area contributed by atoms with Crippen molar-refractivity contribution >= 4 is 6.09 Å². The number of quaternary nitrogens is 1. The van der Waals surface area contributed by atoms with Crippen LogP contribution in [0.2, 0.25) is 0 Å². The van der Waals surface area contributed by atoms with Gasteiger partial charge in [-0.15, -0.1) is 16.9 Å². The predicted octanol–water partition coefficient (Wildman–Crippen LogP) is 5.19. The average molecular weight is 436 g/mol. The fraction of sp³-hybridized carbons (Fsp3) is 0.444. The van der Waals surface area contributed by atoms with Gasteiger partial charge in [0.1, 0.15) is 23.9 Å². The molecule has 3 rings (SSSR count). The minimum absolute atomic E-state index is 0.138. The van der Waals surface area contributed by atoms with Crippen LogP contribution in [0.1, 0.15) is 56.3 Å². The van der Waals surface area contributed by atoms with Crippen molar-refractivity contribution < 1.29 is 18.9 Å². The summed E-state index contributed by atoms with van der Waals surface area (Å²) in [5.74, 6) is 10.6. The molecule has 1 unspecified atom stereocenters. The molecule has 2 aromatic carbocycles. The average Bonchev–Trinajstić information content (AvgIpc) is 2.74. The maximum absolute atomic E-state index is 13.4. The van der Waals surface area contributed by atoms with Crippen molar-refractivity contribution in [3.8, 4) is 18.1 Å². The van der Waals surface area contributed by atoms with E-state index in [2.05, 4.69) is 24.1 Å². The number of nitrogens with zero attached hydrogens (tertiary/aromatic N) is 1. The van der Waals surface area contributed by atoms with Gasteiger partial charge in [-0.1, -0.05) is 42.5 Å². The first-order valence-corrected chi connectivity index (χ1v) is 11.2. The Morgan fingerprint density at radius 3 is 2.56 bits per heavy atom. The number of hydrogen-bond donors (Lipinski definition) is 1. The molecule has 2 aromatic rings. The van der Waals surface area contributed by atoms with E-state index < -0.39 is 5.60 Å². The van der Waals surface area contributed by atoms with Gasteiger partial charge in [0.05, 0.1) is 7.11 Å². The molecule has 0 saturated carbocycles. The highest BCUT2D eigenvalue weighted by Crippen LogP contribution is 2.43. The molecule has 0 aliphatic carbocycles. The quantitative estimate of drug-likeness (QED) is 0.304. The molecule has 3 atom stereocenters. The summed E-state index contributed by atoms with van der Waals surface area (Å²) in [6, 6.07) is 15.9. The topological polar surface area (TPSA) is 61.5 Å². The second-order valence-corrected chi connectivity index (χ2v) is 9.62. The third-order valence-electron chi connectivity index (χ3n) is 6.05. The molecular weight excluding hydrogens is 400 g/mol. The largest absolute Gasteiger partial charge is 0.536 e. The minimum atomic E-state index is -0.608. The third kappa shape index (κ3) is 5.32. The summed E-state index contributed by atoms with van der Waals surface area (Å²) < 4.78 is 11.2. The molecule has 0 aromatic heterocycles. The van der Waals surface area contributed by atoms with E-state index in [1.165, 1.54) is 0 Å². The highest BCUT2D eigenvalue weighted by molar-refractivity contribution is 5.60. The summed E-state index contributed by atoms with van der Waals surface area (Å²) in [6.45, 7) is 6.16. The van der Waals surface area contributed by atoms with E-state index >= 15 is 0 Å². The molecule has 1 aliphatic heterocycles. The lowest BCUT2D eigenvalue weighted by atomic mass is 9.80. The van der Waals surface area contributed by atoms with Crippen LogP contribution in [-0.2, 0) is 17.6 Å². The number of benzene rings is 2. The molecule has 170 valence electrons. The molecule has 2 N–H and O–H groups in total. The second kappa shape index (κ2) is 9.77. The number of terminal acetylenes is 1. The summed E-state index contributed by atoms with van der Waals surface area (Å²) in [5.41, 5.74) is 2.60. The summed E-state index contributed by atoms with van der Waals surface area (Å²) in [7, 11) is 1.68. The van der Waals surface area contributed by atoms with Gasteiger partial charge in [-0.05, 0) is 57.2 Å². The molecule has 1 heterocycles. The Morgan fingerprint density at radius 1 is 1.22 bits per heavy atom. The lowest BCUT2D eigenvalue weighted by Gasteiger charge is -2.44. The Balaban J connectivity index is 2.02. The molecule has 1 fully saturated rings. The molecule has 1 aliphatic rings. The van der Waals surface area contributed by atoms with E-state index in [1.54, 1.807) is 7.11 Å². The van der Waals surface area contributed by atoms with Crippen LogP contribution >= 0.6 is 0 Å². The number of piperidine rings is 1. The van der Waals surface area contributed by atoms with Crippen LogP contribution in [0.4, 0.5) is 4.79 Å². The highest BCUT2D eigenvalue weighted by Gasteiger charge is 2.52. The van der Waals surface area contributed by atoms with Gasteiger partial charge in [-0.3, -0.25) is 0 Å². The van der Waals surface area contributed by atoms with Crippen LogP contribution in [0.5, 0.6) is 5.75 Å². The van der Waals surface area contributed by atoms with Crippen molar-refractivity contribution in [2.24, 2.45) is 11.8 Å². The maximum Gasteiger partial charge on any atom is 0.536 e. The van der Waals surface area contributed by atoms with Crippen LogP contribution in [0.15, 0.2) is 48.5 Å². The van der Waals surface area contributed by atoms with E-state index in [9.17, 15) is 4.79 Å². The van der Waals surface area contributed by atoms with Gasteiger partial charge in [0.15, 0.2) is 0 Å². The summed E-state index contributed by atoms with van der Waals surface area (Å²) in [6.07, 6.45) is 8.25. The molecule has 32 heavy (non-hydrogen) atoms. The van der Waals surface area contributed by atoms with Gasteiger partial charge in [-0.25, -0.2) is 0 Å². The number of carbonyl (C=O) groups excluding carboxylic acids is 1. The molecule has 0 bridgehead atoms. The lowest BCUT2D eigenvalue weighted by molar-refractivity contribution is -0.911. The molecule has 1 amide bonds. The van der Waals surface area contributed by atoms with Gasteiger partial charge in [0.25, 0.3) is 0 Å². The lowest BCUT2D eigenvalue weighted by Crippen LogP contribution is -2.65. The zero-order valence-corrected chi connectivity index (χ0v) is 19.6. The molecular formula is C27H35N2O3+. The highest BCUT2D eigenvalue weighted by atomic mass is 16.6. The monoisotopic (exact) mass is 435 g/mol. The maximum atomic E-state index is 13.4. The SMILES string of the molecule is C#CCc1ccc(OC)c(C[C@@H]2CCC[N+](N)(C(=O)OC(C)(C)C)[C@@H]2c2ccccc2)c1.